The number of hydrogen-bond acceptors (Lipinski definition) is 11. The molecule has 22 heteroatoms. The Bertz CT molecular complexity index is 3030. The standard InChI is InChI=1S/C27H30N6O3.C23H22F3N5O4S/c1-36-25-14-21(8-9-22(25)26(34)30-20-6-7-20)32-12-13-33(24-5-3-2-4-23(24)32)27(35)31-11-10-18(17-31)19-15-28-29-16-19;24-23(25,26)36(33,34)35-19-7-5-18(6-8-19)30-11-12-31(21-4-2-1-3-20(21)30)22(32)29-10-9-16(15-29)17-13-27-28-14-17/h2-5,8-9,14-16,18,20H,6-7,10-13,17H2,1H3,(H,28,29)(H,30,34);1-8,13-14,16H,9-12,15H2,(H,27,28). The van der Waals surface area contributed by atoms with E-state index in [0.29, 0.717) is 74.4 Å². The number of likely N-dealkylation sites (tertiary alicyclic amines) is 2. The molecular formula is C50H52F3N11O7S. The summed E-state index contributed by atoms with van der Waals surface area (Å²) in [5.74, 6) is 0.540. The van der Waals surface area contributed by atoms with Crippen LogP contribution in [0.1, 0.15) is 59.0 Å². The van der Waals surface area contributed by atoms with Gasteiger partial charge in [-0.05, 0) is 97.5 Å². The van der Waals surface area contributed by atoms with E-state index in [4.69, 9.17) is 4.74 Å². The van der Waals surface area contributed by atoms with Crippen LogP contribution >= 0.6 is 0 Å². The summed E-state index contributed by atoms with van der Waals surface area (Å²) in [6.45, 7) is 4.70. The van der Waals surface area contributed by atoms with Crippen molar-refractivity contribution in [1.82, 2.24) is 35.5 Å². The number of alkyl halides is 3. The predicted molar refractivity (Wildman–Crippen MR) is 263 cm³/mol. The lowest BCUT2D eigenvalue weighted by Crippen LogP contribution is -2.48. The summed E-state index contributed by atoms with van der Waals surface area (Å²) in [5.41, 5.74) is 2.10. The summed E-state index contributed by atoms with van der Waals surface area (Å²) in [5, 5.41) is 16.8. The smallest absolute Gasteiger partial charge is 0.496 e. The van der Waals surface area contributed by atoms with Gasteiger partial charge in [-0.1, -0.05) is 24.3 Å². The van der Waals surface area contributed by atoms with E-state index in [2.05, 4.69) is 34.8 Å². The van der Waals surface area contributed by atoms with Crippen LogP contribution in [-0.2, 0) is 10.1 Å². The molecule has 1 saturated carbocycles. The summed E-state index contributed by atoms with van der Waals surface area (Å²) in [6, 6.07) is 26.6. The molecule has 0 spiro atoms. The van der Waals surface area contributed by atoms with Crippen molar-refractivity contribution in [1.29, 1.82) is 0 Å². The number of carbonyl (C=O) groups excluding carboxylic acids is 3. The maximum Gasteiger partial charge on any atom is 0.534 e. The van der Waals surface area contributed by atoms with Gasteiger partial charge in [0, 0.05) is 100 Å². The van der Waals surface area contributed by atoms with Gasteiger partial charge in [-0.25, -0.2) is 9.59 Å². The lowest BCUT2D eigenvalue weighted by molar-refractivity contribution is -0.0500. The first-order valence-corrected chi connectivity index (χ1v) is 25.1. The number of fused-ring (bicyclic) bond motifs is 2. The quantitative estimate of drug-likeness (QED) is 0.0937. The lowest BCUT2D eigenvalue weighted by atomic mass is 10.0. The molecule has 2 unspecified atom stereocenters. The normalized spacial score (nSPS) is 18.8. The molecule has 2 saturated heterocycles. The highest BCUT2D eigenvalue weighted by Gasteiger charge is 2.48. The van der Waals surface area contributed by atoms with Crippen LogP contribution in [-0.4, -0.2) is 128 Å². The number of rotatable bonds is 9. The van der Waals surface area contributed by atoms with Crippen LogP contribution in [0.4, 0.5) is 56.9 Å². The number of carbonyl (C=O) groups is 3. The molecule has 5 amide bonds. The predicted octanol–water partition coefficient (Wildman–Crippen LogP) is 8.08. The van der Waals surface area contributed by atoms with Gasteiger partial charge in [0.25, 0.3) is 5.91 Å². The number of aromatic amines is 2. The summed E-state index contributed by atoms with van der Waals surface area (Å²) in [6.07, 6.45) is 11.3. The van der Waals surface area contributed by atoms with Gasteiger partial charge in [-0.2, -0.15) is 31.8 Å². The van der Waals surface area contributed by atoms with E-state index in [9.17, 15) is 36.0 Å². The first-order valence-electron chi connectivity index (χ1n) is 23.7. The van der Waals surface area contributed by atoms with Crippen molar-refractivity contribution in [2.75, 3.05) is 79.1 Å². The van der Waals surface area contributed by atoms with Gasteiger partial charge in [0.05, 0.1) is 47.8 Å². The molecule has 5 aliphatic rings. The molecule has 2 aromatic heterocycles. The molecule has 3 N–H and O–H groups in total. The van der Waals surface area contributed by atoms with Gasteiger partial charge in [0.15, 0.2) is 0 Å². The Kier molecular flexibility index (Phi) is 13.2. The lowest BCUT2D eigenvalue weighted by Gasteiger charge is -2.39. The van der Waals surface area contributed by atoms with E-state index in [1.807, 2.05) is 105 Å². The highest BCUT2D eigenvalue weighted by Crippen LogP contribution is 2.42. The first kappa shape index (κ1) is 47.9. The molecule has 18 nitrogen and oxygen atoms in total. The van der Waals surface area contributed by atoms with Crippen LogP contribution in [0, 0.1) is 0 Å². The second-order valence-corrected chi connectivity index (χ2v) is 19.7. The molecule has 4 aromatic carbocycles. The molecule has 2 atom stereocenters. The van der Waals surface area contributed by atoms with E-state index >= 15 is 0 Å². The molecule has 1 aliphatic carbocycles. The van der Waals surface area contributed by atoms with Gasteiger partial charge in [-0.15, -0.1) is 0 Å². The van der Waals surface area contributed by atoms with Crippen LogP contribution in [0.25, 0.3) is 0 Å². The molecule has 11 rings (SSSR count). The summed E-state index contributed by atoms with van der Waals surface area (Å²) in [4.78, 5) is 51.1. The average Bonchev–Trinajstić information content (AvgIpc) is 3.98. The summed E-state index contributed by atoms with van der Waals surface area (Å²) in [7, 11) is -4.16. The minimum absolute atomic E-state index is 0.0396. The Morgan fingerprint density at radius 1 is 0.653 bits per heavy atom. The van der Waals surface area contributed by atoms with E-state index < -0.39 is 21.4 Å². The zero-order valence-electron chi connectivity index (χ0n) is 39.2. The van der Waals surface area contributed by atoms with Crippen molar-refractivity contribution in [3.8, 4) is 11.5 Å². The van der Waals surface area contributed by atoms with Gasteiger partial charge in [0.2, 0.25) is 0 Å². The van der Waals surface area contributed by atoms with Crippen molar-refractivity contribution in [2.24, 2.45) is 0 Å². The van der Waals surface area contributed by atoms with Crippen LogP contribution in [0.2, 0.25) is 0 Å². The fourth-order valence-corrected chi connectivity index (χ4v) is 10.2. The second kappa shape index (κ2) is 19.8. The maximum absolute atomic E-state index is 13.6. The third-order valence-corrected chi connectivity index (χ3v) is 14.7. The van der Waals surface area contributed by atoms with Gasteiger partial charge in [0.1, 0.15) is 11.5 Å². The number of methoxy groups -OCH3 is 1. The number of nitrogens with zero attached hydrogens (tertiary/aromatic N) is 8. The molecule has 6 aromatic rings. The van der Waals surface area contributed by atoms with Crippen molar-refractivity contribution in [2.45, 2.75) is 49.1 Å². The Hall–Kier alpha value is -7.75. The number of halogens is 3. The van der Waals surface area contributed by atoms with Crippen molar-refractivity contribution < 1.29 is 44.9 Å². The number of benzene rings is 4. The topological polar surface area (TPSA) is 193 Å². The van der Waals surface area contributed by atoms with Gasteiger partial charge >= 0.3 is 27.7 Å². The fourth-order valence-electron chi connectivity index (χ4n) is 9.76. The van der Waals surface area contributed by atoms with E-state index in [0.717, 1.165) is 66.1 Å². The van der Waals surface area contributed by atoms with E-state index in [1.165, 1.54) is 24.3 Å². The van der Waals surface area contributed by atoms with E-state index in [-0.39, 0.29) is 29.9 Å². The Morgan fingerprint density at radius 3 is 1.62 bits per heavy atom. The molecule has 376 valence electrons. The summed E-state index contributed by atoms with van der Waals surface area (Å²) >= 11 is 0. The minimum Gasteiger partial charge on any atom is -0.496 e. The first-order chi connectivity index (χ1) is 34.8. The van der Waals surface area contributed by atoms with Crippen molar-refractivity contribution >= 4 is 62.2 Å². The Labute approximate surface area is 413 Å². The molecule has 4 aliphatic heterocycles. The van der Waals surface area contributed by atoms with Crippen LogP contribution in [0.15, 0.2) is 116 Å². The Morgan fingerprint density at radius 2 is 1.15 bits per heavy atom. The van der Waals surface area contributed by atoms with Crippen LogP contribution < -0.4 is 33.8 Å². The Balaban J connectivity index is 0.000000166. The third kappa shape index (κ3) is 9.82. The van der Waals surface area contributed by atoms with Gasteiger partial charge < -0.3 is 33.8 Å². The molecule has 3 fully saturated rings. The zero-order chi connectivity index (χ0) is 50.1. The number of para-hydroxylation sites is 4. The molecule has 6 heterocycles. The average molecular weight is 1010 g/mol. The zero-order valence-corrected chi connectivity index (χ0v) is 40.0. The molecule has 0 bridgehead atoms. The van der Waals surface area contributed by atoms with Gasteiger partial charge in [-0.3, -0.25) is 24.8 Å². The summed E-state index contributed by atoms with van der Waals surface area (Å²) < 4.78 is 70.1. The highest BCUT2D eigenvalue weighted by molar-refractivity contribution is 7.88. The largest absolute Gasteiger partial charge is 0.534 e. The highest BCUT2D eigenvalue weighted by atomic mass is 32.2. The fraction of sp³-hybridized carbons (Fsp3) is 0.340. The number of nitrogens with one attached hydrogen (secondary N) is 3. The number of hydrogen-bond donors (Lipinski definition) is 3. The maximum atomic E-state index is 13.6. The minimum atomic E-state index is -5.75. The number of anilines is 6. The number of amides is 5. The third-order valence-electron chi connectivity index (χ3n) is 13.7. The number of urea groups is 2. The van der Waals surface area contributed by atoms with Crippen molar-refractivity contribution in [3.63, 3.8) is 0 Å². The number of ether oxygens (including phenoxy) is 1. The number of aromatic nitrogens is 4. The second-order valence-electron chi connectivity index (χ2n) is 18.2. The van der Waals surface area contributed by atoms with Crippen molar-refractivity contribution in [3.05, 3.63) is 132 Å². The van der Waals surface area contributed by atoms with E-state index in [1.54, 1.807) is 18.2 Å². The SMILES string of the molecule is COc1cc(N2CCN(C(=O)N3CCC(c4cn[nH]c4)C3)c3ccccc32)ccc1C(=O)NC1CC1.O=C(N1CCC(c2cn[nH]c2)C1)N1CCN(c2ccc(OS(=O)(=O)C(F)(F)F)cc2)c2ccccc21. The molecule has 72 heavy (non-hydrogen) atoms. The van der Waals surface area contributed by atoms with Crippen LogP contribution in [0.3, 0.4) is 0 Å². The molecule has 0 radical (unpaired) electrons. The molecular weight excluding hydrogens is 956 g/mol. The van der Waals surface area contributed by atoms with Crippen LogP contribution in [0.5, 0.6) is 11.5 Å². The monoisotopic (exact) mass is 1010 g/mol. The number of H-pyrrole nitrogens is 2.